The fraction of sp³-hybridized carbons (Fsp3) is 0.480. The van der Waals surface area contributed by atoms with E-state index in [4.69, 9.17) is 0 Å². The number of piperazine rings is 1. The van der Waals surface area contributed by atoms with Gasteiger partial charge in [-0.1, -0.05) is 20.1 Å². The van der Waals surface area contributed by atoms with Crippen molar-refractivity contribution in [2.45, 2.75) is 34.1 Å². The molecule has 1 heterocycles. The summed E-state index contributed by atoms with van der Waals surface area (Å²) in [6, 6.07) is 8.54. The fourth-order valence-corrected chi connectivity index (χ4v) is 3.69. The molecule has 1 fully saturated rings. The van der Waals surface area contributed by atoms with Crippen LogP contribution in [0.2, 0.25) is 0 Å². The van der Waals surface area contributed by atoms with Gasteiger partial charge in [-0.3, -0.25) is 4.90 Å². The molecule has 0 saturated carbocycles. The van der Waals surface area contributed by atoms with Gasteiger partial charge in [0.05, 0.1) is 0 Å². The highest BCUT2D eigenvalue weighted by molar-refractivity contribution is 5.74. The number of rotatable bonds is 11. The van der Waals surface area contributed by atoms with Gasteiger partial charge in [0.1, 0.15) is 5.82 Å². The van der Waals surface area contributed by atoms with Crippen LogP contribution in [0, 0.1) is 0 Å². The van der Waals surface area contributed by atoms with E-state index in [9.17, 15) is 0 Å². The van der Waals surface area contributed by atoms with Crippen LogP contribution in [-0.2, 0) is 0 Å². The van der Waals surface area contributed by atoms with E-state index in [-0.39, 0.29) is 0 Å². The van der Waals surface area contributed by atoms with Crippen LogP contribution >= 0.6 is 0 Å². The van der Waals surface area contributed by atoms with E-state index in [1.807, 2.05) is 6.08 Å². The second-order valence-electron chi connectivity index (χ2n) is 7.69. The summed E-state index contributed by atoms with van der Waals surface area (Å²) in [5.41, 5.74) is 4.42. The first-order valence-corrected chi connectivity index (χ1v) is 11.2. The number of nitrogens with one attached hydrogen (secondary N) is 1. The van der Waals surface area contributed by atoms with Crippen molar-refractivity contribution in [3.8, 4) is 0 Å². The first kappa shape index (κ1) is 23.7. The zero-order chi connectivity index (χ0) is 21.9. The number of hydrogen-bond acceptors (Lipinski definition) is 5. The van der Waals surface area contributed by atoms with Crippen molar-refractivity contribution in [1.82, 2.24) is 9.80 Å². The molecule has 0 spiro atoms. The second-order valence-corrected chi connectivity index (χ2v) is 7.69. The van der Waals surface area contributed by atoms with E-state index in [2.05, 4.69) is 90.1 Å². The van der Waals surface area contributed by atoms with Crippen LogP contribution in [0.3, 0.4) is 0 Å². The molecule has 0 aromatic heterocycles. The summed E-state index contributed by atoms with van der Waals surface area (Å²) in [7, 11) is 0. The van der Waals surface area contributed by atoms with Gasteiger partial charge in [-0.25, -0.2) is 4.99 Å². The van der Waals surface area contributed by atoms with Gasteiger partial charge in [-0.2, -0.15) is 0 Å². The number of benzene rings is 1. The van der Waals surface area contributed by atoms with Gasteiger partial charge in [-0.15, -0.1) is 0 Å². The molecule has 30 heavy (non-hydrogen) atoms. The second kappa shape index (κ2) is 12.2. The Morgan fingerprint density at radius 3 is 2.27 bits per heavy atom. The van der Waals surface area contributed by atoms with Gasteiger partial charge in [0, 0.05) is 62.6 Å². The van der Waals surface area contributed by atoms with Crippen LogP contribution in [-0.4, -0.2) is 61.8 Å². The maximum atomic E-state index is 4.41. The Morgan fingerprint density at radius 1 is 1.07 bits per heavy atom. The Hall–Kier alpha value is -2.53. The summed E-state index contributed by atoms with van der Waals surface area (Å²) in [4.78, 5) is 11.6. The molecule has 1 N–H and O–H groups in total. The third-order valence-corrected chi connectivity index (χ3v) is 5.59. The highest BCUT2D eigenvalue weighted by Crippen LogP contribution is 2.20. The molecule has 5 nitrogen and oxygen atoms in total. The summed E-state index contributed by atoms with van der Waals surface area (Å²) >= 11 is 0. The van der Waals surface area contributed by atoms with Gasteiger partial charge >= 0.3 is 0 Å². The molecule has 1 saturated heterocycles. The lowest BCUT2D eigenvalue weighted by atomic mass is 10.2. The largest absolute Gasteiger partial charge is 0.372 e. The highest BCUT2D eigenvalue weighted by Gasteiger charge is 2.16. The van der Waals surface area contributed by atoms with Crippen LogP contribution in [0.1, 0.15) is 34.1 Å². The van der Waals surface area contributed by atoms with Crippen LogP contribution in [0.4, 0.5) is 11.4 Å². The minimum absolute atomic E-state index is 0.619. The van der Waals surface area contributed by atoms with E-state index in [0.29, 0.717) is 5.82 Å². The average molecular weight is 410 g/mol. The lowest BCUT2D eigenvalue weighted by Crippen LogP contribution is -2.46. The van der Waals surface area contributed by atoms with Crippen molar-refractivity contribution in [3.05, 3.63) is 60.6 Å². The van der Waals surface area contributed by atoms with Crippen molar-refractivity contribution in [1.29, 1.82) is 0 Å². The van der Waals surface area contributed by atoms with Gasteiger partial charge < -0.3 is 15.1 Å². The van der Waals surface area contributed by atoms with Gasteiger partial charge in [0.2, 0.25) is 0 Å². The quantitative estimate of drug-likeness (QED) is 0.413. The number of nitrogens with zero attached hydrogens (tertiary/aromatic N) is 4. The van der Waals surface area contributed by atoms with Crippen LogP contribution in [0.5, 0.6) is 0 Å². The number of hydrogen-bond donors (Lipinski definition) is 1. The molecule has 5 heteroatoms. The first-order chi connectivity index (χ1) is 14.5. The highest BCUT2D eigenvalue weighted by atomic mass is 15.3. The van der Waals surface area contributed by atoms with E-state index in [0.717, 1.165) is 56.2 Å². The monoisotopic (exact) mass is 409 g/mol. The molecule has 0 aliphatic carbocycles. The van der Waals surface area contributed by atoms with Crippen molar-refractivity contribution in [2.75, 3.05) is 56.0 Å². The smallest absolute Gasteiger partial charge is 0.122 e. The molecule has 1 aliphatic rings. The maximum absolute atomic E-state index is 4.41. The molecule has 1 aromatic carbocycles. The molecule has 0 bridgehead atoms. The minimum Gasteiger partial charge on any atom is -0.372 e. The Kier molecular flexibility index (Phi) is 9.68. The number of likely N-dealkylation sites (N-methyl/N-ethyl adjacent to an activating group) is 1. The van der Waals surface area contributed by atoms with E-state index >= 15 is 0 Å². The standard InChI is InChI=1S/C25H39N5/c1-7-16-28-17-19-30(20-18-28)25-12-10-24(11-13-25)27-23(6)26-15-14-21(4)22(5)29(8-2)9-3/h10-15,27H,5-9,16-20H2,1-4H3/b21-14+,26-15-. The summed E-state index contributed by atoms with van der Waals surface area (Å²) in [6.45, 7) is 24.4. The lowest BCUT2D eigenvalue weighted by molar-refractivity contribution is 0.258. The van der Waals surface area contributed by atoms with Crippen molar-refractivity contribution >= 4 is 17.6 Å². The normalized spacial score (nSPS) is 15.5. The van der Waals surface area contributed by atoms with Gasteiger partial charge in [0.15, 0.2) is 0 Å². The maximum Gasteiger partial charge on any atom is 0.122 e. The molecule has 1 aromatic rings. The third kappa shape index (κ3) is 7.06. The first-order valence-electron chi connectivity index (χ1n) is 11.2. The molecule has 0 atom stereocenters. The Morgan fingerprint density at radius 2 is 1.70 bits per heavy atom. The topological polar surface area (TPSA) is 34.1 Å². The average Bonchev–Trinajstić information content (AvgIpc) is 2.76. The van der Waals surface area contributed by atoms with Gasteiger partial charge in [-0.05, 0) is 69.7 Å². The zero-order valence-electron chi connectivity index (χ0n) is 19.3. The van der Waals surface area contributed by atoms with E-state index in [1.165, 1.54) is 18.7 Å². The van der Waals surface area contributed by atoms with E-state index < -0.39 is 0 Å². The van der Waals surface area contributed by atoms with Crippen molar-refractivity contribution in [3.63, 3.8) is 0 Å². The molecule has 0 unspecified atom stereocenters. The summed E-state index contributed by atoms with van der Waals surface area (Å²) in [5.74, 6) is 0.619. The SMILES string of the molecule is C=C(/N=C\C=C(/C)C(=C)N(CC)CC)Nc1ccc(N2CCN(CCC)CC2)cc1. The number of anilines is 2. The zero-order valence-corrected chi connectivity index (χ0v) is 19.3. The van der Waals surface area contributed by atoms with Crippen molar-refractivity contribution in [2.24, 2.45) is 4.99 Å². The predicted molar refractivity (Wildman–Crippen MR) is 132 cm³/mol. The molecule has 1 aliphatic heterocycles. The molecule has 0 amide bonds. The predicted octanol–water partition coefficient (Wildman–Crippen LogP) is 4.97. The van der Waals surface area contributed by atoms with Crippen LogP contribution < -0.4 is 10.2 Å². The van der Waals surface area contributed by atoms with Crippen LogP contribution in [0.15, 0.2) is 65.6 Å². The Balaban J connectivity index is 1.85. The third-order valence-electron chi connectivity index (χ3n) is 5.59. The molecule has 2 rings (SSSR count). The van der Waals surface area contributed by atoms with Crippen molar-refractivity contribution < 1.29 is 0 Å². The molecule has 0 radical (unpaired) electrons. The molecule has 164 valence electrons. The molecular weight excluding hydrogens is 370 g/mol. The fourth-order valence-electron chi connectivity index (χ4n) is 3.69. The van der Waals surface area contributed by atoms with Crippen LogP contribution in [0.25, 0.3) is 0 Å². The van der Waals surface area contributed by atoms with Gasteiger partial charge in [0.25, 0.3) is 0 Å². The summed E-state index contributed by atoms with van der Waals surface area (Å²) < 4.78 is 0. The Bertz CT molecular complexity index is 735. The summed E-state index contributed by atoms with van der Waals surface area (Å²) in [6.07, 6.45) is 4.99. The lowest BCUT2D eigenvalue weighted by Gasteiger charge is -2.36. The molecular formula is C25H39N5. The summed E-state index contributed by atoms with van der Waals surface area (Å²) in [5, 5.41) is 3.26. The number of allylic oxidation sites excluding steroid dienone is 2. The van der Waals surface area contributed by atoms with E-state index in [1.54, 1.807) is 6.21 Å². The Labute approximate surface area is 183 Å². The minimum atomic E-state index is 0.619. The number of aliphatic imine (C=N–C) groups is 1.